The molecular formula is C21H16BrClN2O6. The van der Waals surface area contributed by atoms with Gasteiger partial charge in [0, 0.05) is 12.1 Å². The van der Waals surface area contributed by atoms with Gasteiger partial charge in [0.25, 0.3) is 5.69 Å². The van der Waals surface area contributed by atoms with Crippen LogP contribution in [0.4, 0.5) is 5.69 Å². The zero-order chi connectivity index (χ0) is 22.5. The molecule has 1 heterocycles. The molecule has 0 radical (unpaired) electrons. The van der Waals surface area contributed by atoms with Gasteiger partial charge >= 0.3 is 5.97 Å². The number of halogens is 2. The second-order valence-corrected chi connectivity index (χ2v) is 7.38. The molecule has 0 saturated heterocycles. The van der Waals surface area contributed by atoms with Gasteiger partial charge in [0.05, 0.1) is 26.6 Å². The average molecular weight is 508 g/mol. The van der Waals surface area contributed by atoms with Crippen LogP contribution >= 0.6 is 27.5 Å². The van der Waals surface area contributed by atoms with Crippen molar-refractivity contribution < 1.29 is 23.9 Å². The number of nitro groups is 1. The third-order valence-electron chi connectivity index (χ3n) is 4.00. The van der Waals surface area contributed by atoms with Crippen LogP contribution in [0.2, 0.25) is 5.02 Å². The molecule has 0 N–H and O–H groups in total. The summed E-state index contributed by atoms with van der Waals surface area (Å²) in [6, 6.07) is 7.26. The van der Waals surface area contributed by atoms with Crippen LogP contribution in [0, 0.1) is 10.1 Å². The highest BCUT2D eigenvalue weighted by Crippen LogP contribution is 2.38. The van der Waals surface area contributed by atoms with E-state index in [0.717, 1.165) is 0 Å². The Hall–Kier alpha value is -3.17. The lowest BCUT2D eigenvalue weighted by Gasteiger charge is -2.13. The molecule has 8 nitrogen and oxygen atoms in total. The van der Waals surface area contributed by atoms with Crippen LogP contribution in [0.5, 0.6) is 11.5 Å². The monoisotopic (exact) mass is 506 g/mol. The maximum atomic E-state index is 12.3. The summed E-state index contributed by atoms with van der Waals surface area (Å²) in [6.07, 6.45) is 3.14. The lowest BCUT2D eigenvalue weighted by atomic mass is 10.1. The molecule has 0 fully saturated rings. The Labute approximate surface area is 191 Å². The van der Waals surface area contributed by atoms with Crippen molar-refractivity contribution in [2.24, 2.45) is 4.99 Å². The van der Waals surface area contributed by atoms with E-state index >= 15 is 0 Å². The zero-order valence-electron chi connectivity index (χ0n) is 16.3. The summed E-state index contributed by atoms with van der Waals surface area (Å²) < 4.78 is 17.1. The third kappa shape index (κ3) is 5.12. The largest absolute Gasteiger partial charge is 0.490 e. The number of benzene rings is 2. The summed E-state index contributed by atoms with van der Waals surface area (Å²) in [5.41, 5.74) is 0.751. The van der Waals surface area contributed by atoms with Crippen molar-refractivity contribution in [1.29, 1.82) is 0 Å². The molecule has 31 heavy (non-hydrogen) atoms. The first-order chi connectivity index (χ1) is 14.8. The first-order valence-electron chi connectivity index (χ1n) is 9.01. The molecule has 0 spiro atoms. The van der Waals surface area contributed by atoms with Crippen LogP contribution in [0.3, 0.4) is 0 Å². The summed E-state index contributed by atoms with van der Waals surface area (Å²) in [4.78, 5) is 26.8. The lowest BCUT2D eigenvalue weighted by Crippen LogP contribution is -2.06. The second kappa shape index (κ2) is 9.76. The number of hydrogen-bond acceptors (Lipinski definition) is 7. The van der Waals surface area contributed by atoms with Gasteiger partial charge in [-0.3, -0.25) is 10.1 Å². The van der Waals surface area contributed by atoms with E-state index in [-0.39, 0.29) is 27.9 Å². The van der Waals surface area contributed by atoms with Crippen molar-refractivity contribution in [1.82, 2.24) is 0 Å². The summed E-state index contributed by atoms with van der Waals surface area (Å²) in [7, 11) is 0. The number of carbonyl (C=O) groups is 1. The minimum absolute atomic E-state index is 0.0359. The number of cyclic esters (lactones) is 1. The Morgan fingerprint density at radius 2 is 2.10 bits per heavy atom. The molecule has 0 aromatic heterocycles. The number of aliphatic imine (C=N–C) groups is 1. The minimum atomic E-state index is -0.675. The molecule has 0 atom stereocenters. The van der Waals surface area contributed by atoms with Gasteiger partial charge in [-0.15, -0.1) is 0 Å². The Morgan fingerprint density at radius 1 is 1.32 bits per heavy atom. The normalized spacial score (nSPS) is 14.2. The summed E-state index contributed by atoms with van der Waals surface area (Å²) >= 11 is 9.55. The molecule has 0 bridgehead atoms. The van der Waals surface area contributed by atoms with Gasteiger partial charge in [-0.25, -0.2) is 9.79 Å². The van der Waals surface area contributed by atoms with Gasteiger partial charge in [-0.2, -0.15) is 0 Å². The zero-order valence-corrected chi connectivity index (χ0v) is 18.6. The Balaban J connectivity index is 1.96. The predicted octanol–water partition coefficient (Wildman–Crippen LogP) is 5.32. The number of esters is 1. The van der Waals surface area contributed by atoms with E-state index in [1.807, 2.05) is 6.92 Å². The molecule has 1 aliphatic rings. The van der Waals surface area contributed by atoms with Crippen LogP contribution < -0.4 is 9.47 Å². The highest BCUT2D eigenvalue weighted by molar-refractivity contribution is 9.10. The van der Waals surface area contributed by atoms with Gasteiger partial charge in [-0.1, -0.05) is 24.3 Å². The molecule has 3 rings (SSSR count). The number of rotatable bonds is 8. The van der Waals surface area contributed by atoms with E-state index in [2.05, 4.69) is 27.5 Å². The molecular weight excluding hydrogens is 492 g/mol. The number of ether oxygens (including phenoxy) is 3. The average Bonchev–Trinajstić information content (AvgIpc) is 3.07. The molecule has 2 aromatic rings. The topological polar surface area (TPSA) is 100 Å². The van der Waals surface area contributed by atoms with Gasteiger partial charge in [0.15, 0.2) is 17.2 Å². The Kier molecular flexibility index (Phi) is 7.09. The summed E-state index contributed by atoms with van der Waals surface area (Å²) in [6.45, 7) is 6.19. The number of nitrogens with zero attached hydrogens (tertiary/aromatic N) is 2. The van der Waals surface area contributed by atoms with Gasteiger partial charge in [0.2, 0.25) is 5.90 Å². The third-order valence-corrected chi connectivity index (χ3v) is 4.90. The van der Waals surface area contributed by atoms with E-state index in [9.17, 15) is 14.9 Å². The molecule has 10 heteroatoms. The van der Waals surface area contributed by atoms with E-state index in [0.29, 0.717) is 34.7 Å². The number of non-ortho nitro benzene ring substituents is 1. The molecule has 0 amide bonds. The van der Waals surface area contributed by atoms with Crippen LogP contribution in [-0.2, 0) is 9.53 Å². The first-order valence-corrected chi connectivity index (χ1v) is 10.2. The minimum Gasteiger partial charge on any atom is -0.490 e. The SMILES string of the molecule is C=CCOc1c(Br)cc(/C=C2\N=C(c3ccc([N+](=O)[O-])cc3Cl)OC2=O)cc1OCC. The molecule has 1 aliphatic heterocycles. The fraction of sp³-hybridized carbons (Fsp3) is 0.143. The van der Waals surface area contributed by atoms with Gasteiger partial charge in [-0.05, 0) is 52.7 Å². The quantitative estimate of drug-likeness (QED) is 0.158. The van der Waals surface area contributed by atoms with E-state index < -0.39 is 10.9 Å². The molecule has 0 aliphatic carbocycles. The number of nitro benzene ring substituents is 1. The summed E-state index contributed by atoms with van der Waals surface area (Å²) in [5, 5.41) is 10.9. The molecule has 160 valence electrons. The fourth-order valence-electron chi connectivity index (χ4n) is 2.69. The van der Waals surface area contributed by atoms with Crippen molar-refractivity contribution in [3.8, 4) is 11.5 Å². The number of carbonyl (C=O) groups excluding carboxylic acids is 1. The number of hydrogen-bond donors (Lipinski definition) is 0. The van der Waals surface area contributed by atoms with Crippen molar-refractivity contribution in [3.63, 3.8) is 0 Å². The van der Waals surface area contributed by atoms with Crippen LogP contribution in [0.1, 0.15) is 18.1 Å². The molecule has 0 saturated carbocycles. The Bertz CT molecular complexity index is 1130. The van der Waals surface area contributed by atoms with Crippen molar-refractivity contribution in [3.05, 3.63) is 79.4 Å². The van der Waals surface area contributed by atoms with Crippen LogP contribution in [-0.4, -0.2) is 30.0 Å². The highest BCUT2D eigenvalue weighted by Gasteiger charge is 2.27. The maximum Gasteiger partial charge on any atom is 0.363 e. The standard InChI is InChI=1S/C21H16BrClN2O6/c1-3-7-30-19-15(22)8-12(10-18(19)29-4-2)9-17-21(26)31-20(24-17)14-6-5-13(25(27)28)11-16(14)23/h3,5-6,8-11H,1,4,7H2,2H3/b17-9-. The van der Waals surface area contributed by atoms with Crippen LogP contribution in [0.15, 0.2) is 58.1 Å². The van der Waals surface area contributed by atoms with E-state index in [4.69, 9.17) is 25.8 Å². The highest BCUT2D eigenvalue weighted by atomic mass is 79.9. The van der Waals surface area contributed by atoms with Gasteiger partial charge < -0.3 is 14.2 Å². The van der Waals surface area contributed by atoms with E-state index in [1.165, 1.54) is 24.3 Å². The molecule has 2 aromatic carbocycles. The smallest absolute Gasteiger partial charge is 0.363 e. The van der Waals surface area contributed by atoms with Crippen LogP contribution in [0.25, 0.3) is 6.08 Å². The maximum absolute atomic E-state index is 12.3. The van der Waals surface area contributed by atoms with Crippen molar-refractivity contribution in [2.75, 3.05) is 13.2 Å². The Morgan fingerprint density at radius 3 is 2.74 bits per heavy atom. The second-order valence-electron chi connectivity index (χ2n) is 6.12. The lowest BCUT2D eigenvalue weighted by molar-refractivity contribution is -0.384. The fourth-order valence-corrected chi connectivity index (χ4v) is 3.52. The van der Waals surface area contributed by atoms with Gasteiger partial charge in [0.1, 0.15) is 6.61 Å². The molecule has 0 unspecified atom stereocenters. The predicted molar refractivity (Wildman–Crippen MR) is 120 cm³/mol. The van der Waals surface area contributed by atoms with E-state index in [1.54, 1.807) is 18.2 Å². The van der Waals surface area contributed by atoms with Crippen molar-refractivity contribution in [2.45, 2.75) is 6.92 Å². The van der Waals surface area contributed by atoms with Crippen molar-refractivity contribution >= 4 is 51.2 Å². The first kappa shape index (κ1) is 22.5. The summed E-state index contributed by atoms with van der Waals surface area (Å²) in [5.74, 6) is 0.288.